The summed E-state index contributed by atoms with van der Waals surface area (Å²) in [6.45, 7) is 0. The molecule has 2 aromatic rings. The van der Waals surface area contributed by atoms with Gasteiger partial charge in [-0.25, -0.2) is 0 Å². The van der Waals surface area contributed by atoms with E-state index in [1.165, 1.54) is 6.07 Å². The minimum atomic E-state index is -0.147. The second-order valence-electron chi connectivity index (χ2n) is 2.63. The van der Waals surface area contributed by atoms with Crippen molar-refractivity contribution in [3.63, 3.8) is 0 Å². The Morgan fingerprint density at radius 1 is 1.31 bits per heavy atom. The predicted molar refractivity (Wildman–Crippen MR) is 47.6 cm³/mol. The summed E-state index contributed by atoms with van der Waals surface area (Å²) in [5.74, 6) is -0.0119. The van der Waals surface area contributed by atoms with Gasteiger partial charge in [-0.2, -0.15) is 4.98 Å². The summed E-state index contributed by atoms with van der Waals surface area (Å²) in [5, 5.41) is 13.7. The Kier molecular flexibility index (Phi) is 1.66. The van der Waals surface area contributed by atoms with Crippen molar-refractivity contribution in [1.29, 1.82) is 0 Å². The van der Waals surface area contributed by atoms with Gasteiger partial charge >= 0.3 is 0 Å². The van der Waals surface area contributed by atoms with E-state index in [-0.39, 0.29) is 11.7 Å². The first-order chi connectivity index (χ1) is 6.31. The molecule has 13 heavy (non-hydrogen) atoms. The Bertz CT molecular complexity index is 467. The van der Waals surface area contributed by atoms with E-state index in [1.807, 2.05) is 18.2 Å². The molecule has 0 aliphatic rings. The zero-order chi connectivity index (χ0) is 9.26. The molecule has 1 aromatic heterocycles. The lowest BCUT2D eigenvalue weighted by Crippen LogP contribution is -1.79. The van der Waals surface area contributed by atoms with Crippen LogP contribution >= 0.6 is 0 Å². The van der Waals surface area contributed by atoms with Gasteiger partial charge in [0, 0.05) is 11.5 Å². The quantitative estimate of drug-likeness (QED) is 0.666. The Hall–Kier alpha value is -1.97. The highest BCUT2D eigenvalue weighted by molar-refractivity contribution is 5.91. The van der Waals surface area contributed by atoms with Crippen molar-refractivity contribution < 1.29 is 5.11 Å². The predicted octanol–water partition coefficient (Wildman–Crippen LogP) is 1.82. The van der Waals surface area contributed by atoms with Gasteiger partial charge in [-0.3, -0.25) is 0 Å². The molecule has 0 fully saturated rings. The van der Waals surface area contributed by atoms with Gasteiger partial charge in [0.05, 0.1) is 0 Å². The average Bonchev–Trinajstić information content (AvgIpc) is 2.16. The lowest BCUT2D eigenvalue weighted by atomic mass is 10.1. The van der Waals surface area contributed by atoms with Crippen LogP contribution in [0.15, 0.2) is 35.4 Å². The first-order valence-electron chi connectivity index (χ1n) is 3.75. The van der Waals surface area contributed by atoms with Gasteiger partial charge in [-0.05, 0) is 10.9 Å². The van der Waals surface area contributed by atoms with Crippen LogP contribution in [0.5, 0.6) is 5.88 Å². The first-order valence-corrected chi connectivity index (χ1v) is 3.75. The summed E-state index contributed by atoms with van der Waals surface area (Å²) in [5.41, 5.74) is 8.61. The van der Waals surface area contributed by atoms with Crippen LogP contribution < -0.4 is 5.53 Å². The van der Waals surface area contributed by atoms with Gasteiger partial charge in [0.1, 0.15) is 0 Å². The Morgan fingerprint density at radius 3 is 2.85 bits per heavy atom. The monoisotopic (exact) mass is 172 g/mol. The van der Waals surface area contributed by atoms with Gasteiger partial charge in [-0.15, -0.1) is 5.11 Å². The van der Waals surface area contributed by atoms with Crippen LogP contribution in [0.3, 0.4) is 0 Å². The van der Waals surface area contributed by atoms with Crippen LogP contribution in [-0.4, -0.2) is 10.1 Å². The van der Waals surface area contributed by atoms with Crippen molar-refractivity contribution in [3.8, 4) is 5.88 Å². The summed E-state index contributed by atoms with van der Waals surface area (Å²) in [6, 6.07) is 8.75. The summed E-state index contributed by atoms with van der Waals surface area (Å²) in [4.78, 5) is 3.66. The molecule has 2 rings (SSSR count). The molecule has 4 nitrogen and oxygen atoms in total. The molecule has 0 bridgehead atoms. The van der Waals surface area contributed by atoms with Crippen molar-refractivity contribution in [2.45, 2.75) is 0 Å². The van der Waals surface area contributed by atoms with Crippen LogP contribution in [0.1, 0.15) is 0 Å². The average molecular weight is 172 g/mol. The summed E-state index contributed by atoms with van der Waals surface area (Å²) < 4.78 is 0. The van der Waals surface area contributed by atoms with E-state index >= 15 is 0 Å². The zero-order valence-electron chi connectivity index (χ0n) is 6.68. The number of fused-ring (bicyclic) bond motifs is 1. The molecule has 0 saturated carbocycles. The fraction of sp³-hybridized carbons (Fsp3) is 0. The van der Waals surface area contributed by atoms with E-state index in [0.29, 0.717) is 5.39 Å². The number of aromatic hydroxyl groups is 1. The van der Waals surface area contributed by atoms with Crippen LogP contribution in [0.4, 0.5) is 5.82 Å². The van der Waals surface area contributed by atoms with Crippen molar-refractivity contribution in [2.24, 2.45) is 5.11 Å². The van der Waals surface area contributed by atoms with Crippen LogP contribution in [0.2, 0.25) is 0 Å². The van der Waals surface area contributed by atoms with Crippen molar-refractivity contribution in [1.82, 2.24) is 10.5 Å². The lowest BCUT2D eigenvalue weighted by molar-refractivity contribution is 0.455. The van der Waals surface area contributed by atoms with E-state index in [1.54, 1.807) is 6.07 Å². The molecule has 0 amide bonds. The lowest BCUT2D eigenvalue weighted by Gasteiger charge is -1.99. The largest absolute Gasteiger partial charge is 0.493 e. The highest BCUT2D eigenvalue weighted by Crippen LogP contribution is 2.26. The minimum Gasteiger partial charge on any atom is -0.493 e. The van der Waals surface area contributed by atoms with Gasteiger partial charge in [0.25, 0.3) is 0 Å². The molecule has 0 aliphatic heterocycles. The summed E-state index contributed by atoms with van der Waals surface area (Å²) >= 11 is 0. The topological polar surface area (TPSA) is 67.8 Å². The second kappa shape index (κ2) is 2.82. The fourth-order valence-corrected chi connectivity index (χ4v) is 1.24. The fourth-order valence-electron chi connectivity index (χ4n) is 1.24. The van der Waals surface area contributed by atoms with E-state index in [2.05, 4.69) is 10.1 Å². The molecule has 1 aromatic carbocycles. The van der Waals surface area contributed by atoms with Crippen molar-refractivity contribution in [2.75, 3.05) is 0 Å². The number of aromatic nitrogens is 1. The van der Waals surface area contributed by atoms with Crippen LogP contribution in [0, 0.1) is 0 Å². The Labute approximate surface area is 74.4 Å². The SMILES string of the molecule is [N]=Nc1nc(O)cc2ccccc12. The number of pyridine rings is 1. The van der Waals surface area contributed by atoms with Crippen molar-refractivity contribution in [3.05, 3.63) is 30.3 Å². The van der Waals surface area contributed by atoms with Gasteiger partial charge in [0.15, 0.2) is 5.82 Å². The molecule has 4 heteroatoms. The van der Waals surface area contributed by atoms with Gasteiger partial charge in [-0.1, -0.05) is 24.3 Å². The highest BCUT2D eigenvalue weighted by Gasteiger charge is 2.02. The molecule has 63 valence electrons. The summed E-state index contributed by atoms with van der Waals surface area (Å²) in [6.07, 6.45) is 0. The molecule has 1 heterocycles. The second-order valence-corrected chi connectivity index (χ2v) is 2.63. The third kappa shape index (κ3) is 1.22. The van der Waals surface area contributed by atoms with E-state index in [4.69, 9.17) is 10.6 Å². The maximum Gasteiger partial charge on any atom is 0.213 e. The maximum absolute atomic E-state index is 9.16. The molecule has 1 radical (unpaired) electrons. The maximum atomic E-state index is 9.16. The number of hydrogen-bond acceptors (Lipinski definition) is 3. The van der Waals surface area contributed by atoms with Crippen molar-refractivity contribution >= 4 is 16.6 Å². The minimum absolute atomic E-state index is 0.135. The Balaban J connectivity index is 2.89. The molecule has 0 saturated heterocycles. The number of nitrogens with zero attached hydrogens (tertiary/aromatic N) is 3. The molecule has 0 unspecified atom stereocenters. The molecule has 1 N–H and O–H groups in total. The molecule has 0 spiro atoms. The number of hydrogen-bond donors (Lipinski definition) is 1. The van der Waals surface area contributed by atoms with Gasteiger partial charge < -0.3 is 5.11 Å². The van der Waals surface area contributed by atoms with E-state index in [9.17, 15) is 0 Å². The molecular formula is C9H6N3O. The molecule has 0 aliphatic carbocycles. The summed E-state index contributed by atoms with van der Waals surface area (Å²) in [7, 11) is 0. The highest BCUT2D eigenvalue weighted by atomic mass is 16.3. The zero-order valence-corrected chi connectivity index (χ0v) is 6.68. The first kappa shape index (κ1) is 7.67. The molecule has 0 atom stereocenters. The standard InChI is InChI=1S/C9H6N3O/c10-12-9-7-4-2-1-3-6(7)5-8(13)11-9/h1-5H,(H,11,13). The number of rotatable bonds is 1. The normalized spacial score (nSPS) is 10.2. The number of benzene rings is 1. The third-order valence-corrected chi connectivity index (χ3v) is 1.80. The smallest absolute Gasteiger partial charge is 0.213 e. The van der Waals surface area contributed by atoms with Gasteiger partial charge in [0.2, 0.25) is 5.88 Å². The molecular weight excluding hydrogens is 166 g/mol. The van der Waals surface area contributed by atoms with E-state index in [0.717, 1.165) is 5.39 Å². The third-order valence-electron chi connectivity index (χ3n) is 1.80. The Morgan fingerprint density at radius 2 is 2.08 bits per heavy atom. The van der Waals surface area contributed by atoms with Crippen LogP contribution in [0.25, 0.3) is 10.8 Å². The van der Waals surface area contributed by atoms with E-state index < -0.39 is 0 Å². The van der Waals surface area contributed by atoms with Crippen LogP contribution in [-0.2, 0) is 0 Å².